The molecule has 1 aliphatic heterocycles. The number of carbonyl (C=O) groups excluding carboxylic acids is 1. The van der Waals surface area contributed by atoms with Crippen molar-refractivity contribution in [3.05, 3.63) is 35.9 Å². The van der Waals surface area contributed by atoms with E-state index in [0.717, 1.165) is 19.5 Å². The van der Waals surface area contributed by atoms with Crippen molar-refractivity contribution >= 4 is 6.03 Å². The Hall–Kier alpha value is -1.55. The Labute approximate surface area is 127 Å². The lowest BCUT2D eigenvalue weighted by atomic mass is 9.96. The van der Waals surface area contributed by atoms with E-state index in [4.69, 9.17) is 0 Å². The first-order valence-corrected chi connectivity index (χ1v) is 7.89. The Morgan fingerprint density at radius 3 is 2.86 bits per heavy atom. The fourth-order valence-electron chi connectivity index (χ4n) is 2.96. The molecule has 2 N–H and O–H groups in total. The summed E-state index contributed by atoms with van der Waals surface area (Å²) in [6.07, 6.45) is 2.97. The molecule has 1 aromatic rings. The van der Waals surface area contributed by atoms with E-state index < -0.39 is 0 Å². The van der Waals surface area contributed by atoms with Crippen molar-refractivity contribution in [1.29, 1.82) is 0 Å². The average molecular weight is 290 g/mol. The minimum absolute atomic E-state index is 0.0282. The van der Waals surface area contributed by atoms with Crippen LogP contribution in [0.1, 0.15) is 37.7 Å². The van der Waals surface area contributed by atoms with Gasteiger partial charge >= 0.3 is 6.03 Å². The summed E-state index contributed by atoms with van der Waals surface area (Å²) in [5, 5.41) is 12.3. The van der Waals surface area contributed by atoms with Crippen molar-refractivity contribution in [2.45, 2.75) is 32.1 Å². The van der Waals surface area contributed by atoms with Crippen LogP contribution in [0.25, 0.3) is 0 Å². The summed E-state index contributed by atoms with van der Waals surface area (Å²) in [5.41, 5.74) is 1.17. The van der Waals surface area contributed by atoms with Crippen LogP contribution in [0.15, 0.2) is 30.3 Å². The number of aliphatic hydroxyl groups is 1. The maximum Gasteiger partial charge on any atom is 0.317 e. The highest BCUT2D eigenvalue weighted by atomic mass is 16.3. The number of urea groups is 1. The van der Waals surface area contributed by atoms with Gasteiger partial charge in [-0.15, -0.1) is 0 Å². The second kappa shape index (κ2) is 8.03. The lowest BCUT2D eigenvalue weighted by Crippen LogP contribution is -2.46. The van der Waals surface area contributed by atoms with E-state index in [1.807, 2.05) is 23.1 Å². The lowest BCUT2D eigenvalue weighted by molar-refractivity contribution is 0.168. The molecule has 1 fully saturated rings. The number of hydrogen-bond acceptors (Lipinski definition) is 2. The van der Waals surface area contributed by atoms with Crippen LogP contribution in [0.4, 0.5) is 4.79 Å². The highest BCUT2D eigenvalue weighted by Gasteiger charge is 2.21. The van der Waals surface area contributed by atoms with Crippen molar-refractivity contribution in [3.63, 3.8) is 0 Å². The molecule has 1 aliphatic rings. The van der Waals surface area contributed by atoms with Gasteiger partial charge in [0, 0.05) is 32.2 Å². The molecule has 2 unspecified atom stereocenters. The maximum absolute atomic E-state index is 12.2. The summed E-state index contributed by atoms with van der Waals surface area (Å²) in [7, 11) is 0. The predicted molar refractivity (Wildman–Crippen MR) is 84.3 cm³/mol. The van der Waals surface area contributed by atoms with Crippen molar-refractivity contribution in [2.75, 3.05) is 26.2 Å². The predicted octanol–water partition coefficient (Wildman–Crippen LogP) is 2.59. The molecular formula is C17H26N2O2. The number of nitrogens with one attached hydrogen (secondary N) is 1. The van der Waals surface area contributed by atoms with E-state index in [2.05, 4.69) is 24.4 Å². The second-order valence-electron chi connectivity index (χ2n) is 6.00. The highest BCUT2D eigenvalue weighted by molar-refractivity contribution is 5.74. The zero-order chi connectivity index (χ0) is 15.1. The topological polar surface area (TPSA) is 52.6 Å². The van der Waals surface area contributed by atoms with Gasteiger partial charge in [-0.1, -0.05) is 37.3 Å². The van der Waals surface area contributed by atoms with Crippen LogP contribution < -0.4 is 5.32 Å². The minimum Gasteiger partial charge on any atom is -0.396 e. The molecule has 2 rings (SSSR count). The summed E-state index contributed by atoms with van der Waals surface area (Å²) < 4.78 is 0. The van der Waals surface area contributed by atoms with Gasteiger partial charge < -0.3 is 15.3 Å². The second-order valence-corrected chi connectivity index (χ2v) is 6.00. The standard InChI is InChI=1S/C17H26N2O2/c1-14-6-5-10-19(13-14)17(21)18-12-16(9-11-20)15-7-3-2-4-8-15/h2-4,7-8,14,16,20H,5-6,9-13H2,1H3,(H,18,21). The van der Waals surface area contributed by atoms with Crippen LogP contribution >= 0.6 is 0 Å². The number of aliphatic hydroxyl groups excluding tert-OH is 1. The van der Waals surface area contributed by atoms with Gasteiger partial charge in [0.1, 0.15) is 0 Å². The van der Waals surface area contributed by atoms with Crippen LogP contribution in [-0.4, -0.2) is 42.3 Å². The van der Waals surface area contributed by atoms with E-state index in [0.29, 0.717) is 18.9 Å². The molecule has 21 heavy (non-hydrogen) atoms. The highest BCUT2D eigenvalue weighted by Crippen LogP contribution is 2.19. The Morgan fingerprint density at radius 1 is 1.43 bits per heavy atom. The van der Waals surface area contributed by atoms with Gasteiger partial charge in [-0.3, -0.25) is 0 Å². The molecule has 0 spiro atoms. The average Bonchev–Trinajstić information content (AvgIpc) is 2.52. The summed E-state index contributed by atoms with van der Waals surface area (Å²) in [4.78, 5) is 14.1. The molecular weight excluding hydrogens is 264 g/mol. The third-order valence-corrected chi connectivity index (χ3v) is 4.19. The molecule has 116 valence electrons. The van der Waals surface area contributed by atoms with Crippen LogP contribution in [0.3, 0.4) is 0 Å². The largest absolute Gasteiger partial charge is 0.396 e. The third-order valence-electron chi connectivity index (χ3n) is 4.19. The first-order chi connectivity index (χ1) is 10.2. The summed E-state index contributed by atoms with van der Waals surface area (Å²) in [6.45, 7) is 4.61. The molecule has 4 nitrogen and oxygen atoms in total. The Bertz CT molecular complexity index is 436. The molecule has 0 bridgehead atoms. The minimum atomic E-state index is 0.0282. The number of piperidine rings is 1. The first kappa shape index (κ1) is 15.8. The van der Waals surface area contributed by atoms with E-state index in [-0.39, 0.29) is 18.6 Å². The molecule has 0 aliphatic carbocycles. The molecule has 4 heteroatoms. The Kier molecular flexibility index (Phi) is 6.05. The Morgan fingerprint density at radius 2 is 2.19 bits per heavy atom. The number of rotatable bonds is 5. The van der Waals surface area contributed by atoms with E-state index in [1.54, 1.807) is 0 Å². The molecule has 1 saturated heterocycles. The van der Waals surface area contributed by atoms with Crippen molar-refractivity contribution in [1.82, 2.24) is 10.2 Å². The molecule has 0 radical (unpaired) electrons. The zero-order valence-electron chi connectivity index (χ0n) is 12.8. The summed E-state index contributed by atoms with van der Waals surface area (Å²) in [5.74, 6) is 0.759. The van der Waals surface area contributed by atoms with Crippen molar-refractivity contribution in [3.8, 4) is 0 Å². The fourth-order valence-corrected chi connectivity index (χ4v) is 2.96. The number of benzene rings is 1. The number of nitrogens with zero attached hydrogens (tertiary/aromatic N) is 1. The van der Waals surface area contributed by atoms with Gasteiger partial charge in [-0.05, 0) is 30.7 Å². The molecule has 2 atom stereocenters. The van der Waals surface area contributed by atoms with Gasteiger partial charge in [-0.25, -0.2) is 4.79 Å². The molecule has 1 heterocycles. The van der Waals surface area contributed by atoms with Gasteiger partial charge in [0.2, 0.25) is 0 Å². The van der Waals surface area contributed by atoms with Crippen LogP contribution in [0, 0.1) is 5.92 Å². The molecule has 2 amide bonds. The van der Waals surface area contributed by atoms with Gasteiger partial charge in [0.25, 0.3) is 0 Å². The Balaban J connectivity index is 1.88. The van der Waals surface area contributed by atoms with Crippen LogP contribution in [0.5, 0.6) is 0 Å². The van der Waals surface area contributed by atoms with E-state index in [9.17, 15) is 9.90 Å². The first-order valence-electron chi connectivity index (χ1n) is 7.89. The SMILES string of the molecule is CC1CCCN(C(=O)NCC(CCO)c2ccccc2)C1. The van der Waals surface area contributed by atoms with Gasteiger partial charge in [0.05, 0.1) is 0 Å². The van der Waals surface area contributed by atoms with Crippen molar-refractivity contribution in [2.24, 2.45) is 5.92 Å². The smallest absolute Gasteiger partial charge is 0.317 e. The monoisotopic (exact) mass is 290 g/mol. The van der Waals surface area contributed by atoms with E-state index in [1.165, 1.54) is 12.0 Å². The maximum atomic E-state index is 12.2. The quantitative estimate of drug-likeness (QED) is 0.876. The fraction of sp³-hybridized carbons (Fsp3) is 0.588. The molecule has 0 saturated carbocycles. The summed E-state index contributed by atoms with van der Waals surface area (Å²) in [6, 6.07) is 10.1. The van der Waals surface area contributed by atoms with Gasteiger partial charge in [-0.2, -0.15) is 0 Å². The van der Waals surface area contributed by atoms with Gasteiger partial charge in [0.15, 0.2) is 0 Å². The number of likely N-dealkylation sites (tertiary alicyclic amines) is 1. The number of amides is 2. The normalized spacial score (nSPS) is 20.1. The number of carbonyl (C=O) groups is 1. The van der Waals surface area contributed by atoms with Crippen LogP contribution in [0.2, 0.25) is 0 Å². The lowest BCUT2D eigenvalue weighted by Gasteiger charge is -2.31. The van der Waals surface area contributed by atoms with Crippen molar-refractivity contribution < 1.29 is 9.90 Å². The van der Waals surface area contributed by atoms with E-state index >= 15 is 0 Å². The zero-order valence-corrected chi connectivity index (χ0v) is 12.8. The third kappa shape index (κ3) is 4.74. The molecule has 1 aromatic carbocycles. The summed E-state index contributed by atoms with van der Waals surface area (Å²) >= 11 is 0. The number of hydrogen-bond donors (Lipinski definition) is 2. The van der Waals surface area contributed by atoms with Crippen LogP contribution in [-0.2, 0) is 0 Å². The molecule has 0 aromatic heterocycles.